The van der Waals surface area contributed by atoms with E-state index in [0.29, 0.717) is 18.0 Å². The van der Waals surface area contributed by atoms with Crippen molar-refractivity contribution >= 4 is 12.2 Å². The molecule has 1 amide bonds. The number of nitrogens with one attached hydrogen (secondary N) is 1. The minimum atomic E-state index is -0.444. The maximum absolute atomic E-state index is 12.7. The number of aromatic nitrogens is 1. The van der Waals surface area contributed by atoms with Crippen molar-refractivity contribution in [3.63, 3.8) is 0 Å². The van der Waals surface area contributed by atoms with Gasteiger partial charge >= 0.3 is 0 Å². The molecule has 5 heteroatoms. The summed E-state index contributed by atoms with van der Waals surface area (Å²) in [6, 6.07) is 14.0. The summed E-state index contributed by atoms with van der Waals surface area (Å²) >= 11 is 0. The van der Waals surface area contributed by atoms with Crippen LogP contribution in [-0.4, -0.2) is 41.2 Å². The molecule has 28 heavy (non-hydrogen) atoms. The summed E-state index contributed by atoms with van der Waals surface area (Å²) in [7, 11) is 0. The highest BCUT2D eigenvalue weighted by Crippen LogP contribution is 2.30. The molecule has 148 valence electrons. The number of piperidine rings is 1. The zero-order valence-corrected chi connectivity index (χ0v) is 16.5. The van der Waals surface area contributed by atoms with Crippen molar-refractivity contribution in [1.82, 2.24) is 15.2 Å². The largest absolute Gasteiger partial charge is 0.341 e. The predicted octanol–water partition coefficient (Wildman–Crippen LogP) is 3.56. The van der Waals surface area contributed by atoms with E-state index >= 15 is 0 Å². The summed E-state index contributed by atoms with van der Waals surface area (Å²) in [5.74, 6) is 0.0789. The maximum Gasteiger partial charge on any atom is 0.270 e. The Balaban J connectivity index is 1.63. The van der Waals surface area contributed by atoms with Crippen molar-refractivity contribution in [2.75, 3.05) is 13.1 Å². The minimum Gasteiger partial charge on any atom is -0.341 e. The van der Waals surface area contributed by atoms with Crippen LogP contribution in [0.1, 0.15) is 60.1 Å². The molecule has 1 fully saturated rings. The number of carbonyl (C=O) groups excluding carboxylic acids is 2. The topological polar surface area (TPSA) is 62.3 Å². The lowest BCUT2D eigenvalue weighted by molar-refractivity contribution is -0.109. The van der Waals surface area contributed by atoms with E-state index in [1.165, 1.54) is 5.56 Å². The Kier molecular flexibility index (Phi) is 7.31. The fraction of sp³-hybridized carbons (Fsp3) is 0.435. The number of aldehydes is 1. The van der Waals surface area contributed by atoms with E-state index in [9.17, 15) is 9.59 Å². The second kappa shape index (κ2) is 10.1. The molecular formula is C23H29N3O2. The lowest BCUT2D eigenvalue weighted by Crippen LogP contribution is -2.38. The summed E-state index contributed by atoms with van der Waals surface area (Å²) in [6.45, 7) is 4.97. The summed E-state index contributed by atoms with van der Waals surface area (Å²) in [5, 5.41) is 2.82. The van der Waals surface area contributed by atoms with Crippen LogP contribution in [0.4, 0.5) is 0 Å². The minimum absolute atomic E-state index is 0.243. The maximum atomic E-state index is 12.7. The number of rotatable bonds is 8. The van der Waals surface area contributed by atoms with Crippen molar-refractivity contribution in [2.45, 2.75) is 51.1 Å². The SMILES string of the molecule is CCCC(C=O)NC(=O)c1ncccc1C1CCN(Cc2ccccc2)CC1. The summed E-state index contributed by atoms with van der Waals surface area (Å²) < 4.78 is 0. The van der Waals surface area contributed by atoms with Gasteiger partial charge in [-0.2, -0.15) is 0 Å². The van der Waals surface area contributed by atoms with Crippen LogP contribution in [0.5, 0.6) is 0 Å². The number of benzene rings is 1. The molecule has 0 bridgehead atoms. The molecule has 1 aromatic heterocycles. The average molecular weight is 380 g/mol. The van der Waals surface area contributed by atoms with Gasteiger partial charge in [0.25, 0.3) is 5.91 Å². The lowest BCUT2D eigenvalue weighted by Gasteiger charge is -2.32. The normalized spacial score (nSPS) is 16.5. The van der Waals surface area contributed by atoms with E-state index in [0.717, 1.165) is 50.7 Å². The highest BCUT2D eigenvalue weighted by atomic mass is 16.2. The van der Waals surface area contributed by atoms with Crippen LogP contribution in [-0.2, 0) is 11.3 Å². The van der Waals surface area contributed by atoms with Crippen molar-refractivity contribution in [3.8, 4) is 0 Å². The van der Waals surface area contributed by atoms with Crippen molar-refractivity contribution in [2.24, 2.45) is 0 Å². The van der Waals surface area contributed by atoms with Gasteiger partial charge in [-0.1, -0.05) is 49.7 Å². The Morgan fingerprint density at radius 2 is 1.96 bits per heavy atom. The molecule has 1 aliphatic rings. The fourth-order valence-electron chi connectivity index (χ4n) is 3.90. The van der Waals surface area contributed by atoms with Crippen LogP contribution in [0.2, 0.25) is 0 Å². The highest BCUT2D eigenvalue weighted by molar-refractivity contribution is 5.95. The van der Waals surface area contributed by atoms with E-state index in [2.05, 4.69) is 39.5 Å². The number of hydrogen-bond acceptors (Lipinski definition) is 4. The van der Waals surface area contributed by atoms with Gasteiger partial charge in [0.15, 0.2) is 0 Å². The molecule has 0 spiro atoms. The number of hydrogen-bond donors (Lipinski definition) is 1. The van der Waals surface area contributed by atoms with Gasteiger partial charge in [0.1, 0.15) is 12.0 Å². The van der Waals surface area contributed by atoms with E-state index in [1.807, 2.05) is 25.1 Å². The smallest absolute Gasteiger partial charge is 0.270 e. The average Bonchev–Trinajstić information content (AvgIpc) is 2.74. The summed E-state index contributed by atoms with van der Waals surface area (Å²) in [4.78, 5) is 30.7. The van der Waals surface area contributed by atoms with Crippen LogP contribution in [0.25, 0.3) is 0 Å². The first-order valence-electron chi connectivity index (χ1n) is 10.2. The quantitative estimate of drug-likeness (QED) is 0.713. The molecule has 1 N–H and O–H groups in total. The molecular weight excluding hydrogens is 350 g/mol. The molecule has 1 unspecified atom stereocenters. The second-order valence-electron chi connectivity index (χ2n) is 7.48. The molecule has 1 saturated heterocycles. The standard InChI is InChI=1S/C23H29N3O2/c1-2-7-20(17-27)25-23(28)22-21(10-6-13-24-22)19-11-14-26(15-12-19)16-18-8-4-3-5-9-18/h3-6,8-10,13,17,19-20H,2,7,11-12,14-16H2,1H3,(H,25,28). The second-order valence-corrected chi connectivity index (χ2v) is 7.48. The van der Waals surface area contributed by atoms with Crippen molar-refractivity contribution in [1.29, 1.82) is 0 Å². The predicted molar refractivity (Wildman–Crippen MR) is 110 cm³/mol. The third kappa shape index (κ3) is 5.26. The molecule has 1 atom stereocenters. The van der Waals surface area contributed by atoms with Crippen LogP contribution >= 0.6 is 0 Å². The Morgan fingerprint density at radius 1 is 1.21 bits per heavy atom. The Hall–Kier alpha value is -2.53. The Labute approximate surface area is 167 Å². The fourth-order valence-corrected chi connectivity index (χ4v) is 3.90. The molecule has 2 heterocycles. The number of carbonyl (C=O) groups is 2. The summed E-state index contributed by atoms with van der Waals surface area (Å²) in [5.41, 5.74) is 2.80. The van der Waals surface area contributed by atoms with Gasteiger partial charge in [0, 0.05) is 12.7 Å². The van der Waals surface area contributed by atoms with Gasteiger partial charge in [-0.25, -0.2) is 0 Å². The first-order chi connectivity index (χ1) is 13.7. The Bertz CT molecular complexity index is 770. The number of likely N-dealkylation sites (tertiary alicyclic amines) is 1. The van der Waals surface area contributed by atoms with Gasteiger partial charge in [0.2, 0.25) is 0 Å². The number of amides is 1. The lowest BCUT2D eigenvalue weighted by atomic mass is 9.88. The van der Waals surface area contributed by atoms with Gasteiger partial charge in [-0.3, -0.25) is 14.7 Å². The Morgan fingerprint density at radius 3 is 2.64 bits per heavy atom. The molecule has 0 saturated carbocycles. The van der Waals surface area contributed by atoms with E-state index in [-0.39, 0.29) is 5.91 Å². The zero-order chi connectivity index (χ0) is 19.8. The van der Waals surface area contributed by atoms with Crippen LogP contribution < -0.4 is 5.32 Å². The number of pyridine rings is 1. The van der Waals surface area contributed by atoms with E-state index < -0.39 is 6.04 Å². The van der Waals surface area contributed by atoms with Gasteiger partial charge in [0.05, 0.1) is 6.04 Å². The van der Waals surface area contributed by atoms with Crippen LogP contribution in [0.15, 0.2) is 48.7 Å². The van der Waals surface area contributed by atoms with Gasteiger partial charge in [-0.05, 0) is 55.5 Å². The van der Waals surface area contributed by atoms with Crippen LogP contribution in [0.3, 0.4) is 0 Å². The third-order valence-electron chi connectivity index (χ3n) is 5.41. The third-order valence-corrected chi connectivity index (χ3v) is 5.41. The van der Waals surface area contributed by atoms with Crippen LogP contribution in [0, 0.1) is 0 Å². The van der Waals surface area contributed by atoms with E-state index in [4.69, 9.17) is 0 Å². The molecule has 0 aliphatic carbocycles. The molecule has 0 radical (unpaired) electrons. The molecule has 5 nitrogen and oxygen atoms in total. The number of nitrogens with zero attached hydrogens (tertiary/aromatic N) is 2. The monoisotopic (exact) mass is 379 g/mol. The first kappa shape index (κ1) is 20.2. The highest BCUT2D eigenvalue weighted by Gasteiger charge is 2.26. The molecule has 1 aromatic carbocycles. The van der Waals surface area contributed by atoms with Crippen molar-refractivity contribution in [3.05, 3.63) is 65.5 Å². The van der Waals surface area contributed by atoms with E-state index in [1.54, 1.807) is 6.20 Å². The molecule has 2 aromatic rings. The molecule has 1 aliphatic heterocycles. The van der Waals surface area contributed by atoms with Gasteiger partial charge < -0.3 is 10.1 Å². The first-order valence-corrected chi connectivity index (χ1v) is 10.2. The zero-order valence-electron chi connectivity index (χ0n) is 16.5. The molecule has 3 rings (SSSR count). The van der Waals surface area contributed by atoms with Gasteiger partial charge in [-0.15, -0.1) is 0 Å². The summed E-state index contributed by atoms with van der Waals surface area (Å²) in [6.07, 6.45) is 5.97. The van der Waals surface area contributed by atoms with Crippen molar-refractivity contribution < 1.29 is 9.59 Å².